The van der Waals surface area contributed by atoms with E-state index in [1.165, 1.54) is 16.9 Å². The Morgan fingerprint density at radius 1 is 1.16 bits per heavy atom. The van der Waals surface area contributed by atoms with Crippen LogP contribution in [-0.4, -0.2) is 48.6 Å². The molecule has 0 aliphatic carbocycles. The van der Waals surface area contributed by atoms with Crippen molar-refractivity contribution in [2.24, 2.45) is 0 Å². The van der Waals surface area contributed by atoms with Crippen LogP contribution in [0.1, 0.15) is 34.3 Å². The Morgan fingerprint density at radius 3 is 2.68 bits per heavy atom. The monoisotopic (exact) mass is 419 g/mol. The molecule has 1 fully saturated rings. The fourth-order valence-electron chi connectivity index (χ4n) is 4.25. The number of methoxy groups -OCH3 is 1. The van der Waals surface area contributed by atoms with Crippen molar-refractivity contribution in [3.05, 3.63) is 65.2 Å². The van der Waals surface area contributed by atoms with Gasteiger partial charge in [0.2, 0.25) is 11.6 Å². The van der Waals surface area contributed by atoms with Crippen molar-refractivity contribution in [2.75, 3.05) is 25.2 Å². The third-order valence-corrected chi connectivity index (χ3v) is 5.72. The van der Waals surface area contributed by atoms with Gasteiger partial charge in [0.1, 0.15) is 6.61 Å². The van der Waals surface area contributed by atoms with E-state index < -0.39 is 11.6 Å². The molecule has 2 aliphatic heterocycles. The number of rotatable bonds is 6. The number of benzene rings is 2. The Bertz CT molecular complexity index is 1090. The second kappa shape index (κ2) is 8.20. The zero-order chi connectivity index (χ0) is 22.0. The number of amides is 2. The maximum atomic E-state index is 13.5. The maximum Gasteiger partial charge on any atom is 0.354 e. The van der Waals surface area contributed by atoms with E-state index in [9.17, 15) is 19.6 Å². The third-order valence-electron chi connectivity index (χ3n) is 5.72. The van der Waals surface area contributed by atoms with Gasteiger partial charge in [-0.3, -0.25) is 14.5 Å². The molecule has 1 saturated heterocycles. The Balaban J connectivity index is 1.74. The molecular weight excluding hydrogens is 398 g/mol. The number of anilines is 1. The molecule has 2 amide bonds. The Labute approximate surface area is 179 Å². The highest BCUT2D eigenvalue weighted by Crippen LogP contribution is 2.45. The van der Waals surface area contributed by atoms with Crippen LogP contribution in [0.15, 0.2) is 48.5 Å². The number of nitriles is 1. The second-order valence-corrected chi connectivity index (χ2v) is 7.36. The minimum Gasteiger partial charge on any atom is -0.458 e. The Hall–Kier alpha value is -3.70. The zero-order valence-electron chi connectivity index (χ0n) is 17.0. The van der Waals surface area contributed by atoms with E-state index in [1.807, 2.05) is 0 Å². The van der Waals surface area contributed by atoms with Gasteiger partial charge < -0.3 is 14.4 Å². The molecule has 0 N–H and O–H groups in total. The summed E-state index contributed by atoms with van der Waals surface area (Å²) in [7, 11) is 1.50. The van der Waals surface area contributed by atoms with Crippen molar-refractivity contribution in [1.29, 1.82) is 5.26 Å². The van der Waals surface area contributed by atoms with Crippen molar-refractivity contribution in [3.63, 3.8) is 0 Å². The van der Waals surface area contributed by atoms with Crippen molar-refractivity contribution < 1.29 is 23.9 Å². The lowest BCUT2D eigenvalue weighted by molar-refractivity contribution is -0.159. The van der Waals surface area contributed by atoms with Gasteiger partial charge in [0.25, 0.3) is 5.91 Å². The molecule has 0 spiro atoms. The van der Waals surface area contributed by atoms with Crippen molar-refractivity contribution >= 4 is 23.5 Å². The molecule has 1 atom stereocenters. The van der Waals surface area contributed by atoms with E-state index in [2.05, 4.69) is 6.07 Å². The SMILES string of the molecule is COCCN1C(=O)c2ccccc2N2C(=O)CC[C@]12C(=O)OCc1ccccc1C#N. The van der Waals surface area contributed by atoms with Gasteiger partial charge in [-0.25, -0.2) is 4.79 Å². The van der Waals surface area contributed by atoms with Gasteiger partial charge in [-0.1, -0.05) is 30.3 Å². The van der Waals surface area contributed by atoms with Gasteiger partial charge in [0.05, 0.1) is 29.5 Å². The van der Waals surface area contributed by atoms with Crippen molar-refractivity contribution in [3.8, 4) is 6.07 Å². The number of esters is 1. The fraction of sp³-hybridized carbons (Fsp3) is 0.304. The van der Waals surface area contributed by atoms with Crippen molar-refractivity contribution in [1.82, 2.24) is 4.90 Å². The number of ether oxygens (including phenoxy) is 2. The van der Waals surface area contributed by atoms with Crippen molar-refractivity contribution in [2.45, 2.75) is 25.1 Å². The molecule has 2 aromatic rings. The van der Waals surface area contributed by atoms with Crippen LogP contribution < -0.4 is 4.90 Å². The van der Waals surface area contributed by atoms with E-state index in [4.69, 9.17) is 9.47 Å². The summed E-state index contributed by atoms with van der Waals surface area (Å²) in [5.74, 6) is -1.31. The highest BCUT2D eigenvalue weighted by Gasteiger charge is 2.61. The van der Waals surface area contributed by atoms with Crippen LogP contribution in [0.5, 0.6) is 0 Å². The number of carbonyl (C=O) groups is 3. The fourth-order valence-corrected chi connectivity index (χ4v) is 4.25. The summed E-state index contributed by atoms with van der Waals surface area (Å²) < 4.78 is 10.8. The minimum absolute atomic E-state index is 0.106. The summed E-state index contributed by atoms with van der Waals surface area (Å²) in [5.41, 5.74) is 0.123. The lowest BCUT2D eigenvalue weighted by Crippen LogP contribution is -2.68. The van der Waals surface area contributed by atoms with E-state index in [0.29, 0.717) is 22.4 Å². The average Bonchev–Trinajstić information content (AvgIpc) is 3.15. The summed E-state index contributed by atoms with van der Waals surface area (Å²) >= 11 is 0. The molecule has 31 heavy (non-hydrogen) atoms. The number of nitrogens with zero attached hydrogens (tertiary/aromatic N) is 3. The molecular formula is C23H21N3O5. The summed E-state index contributed by atoms with van der Waals surface area (Å²) in [6.07, 6.45) is 0.226. The summed E-state index contributed by atoms with van der Waals surface area (Å²) in [5, 5.41) is 9.29. The Morgan fingerprint density at radius 2 is 1.90 bits per heavy atom. The summed E-state index contributed by atoms with van der Waals surface area (Å²) in [4.78, 5) is 42.5. The van der Waals surface area contributed by atoms with Crippen LogP contribution in [0.3, 0.4) is 0 Å². The molecule has 8 heteroatoms. The first kappa shape index (κ1) is 20.6. The lowest BCUT2D eigenvalue weighted by Gasteiger charge is -2.48. The first-order chi connectivity index (χ1) is 15.0. The predicted octanol–water partition coefficient (Wildman–Crippen LogP) is 2.23. The van der Waals surface area contributed by atoms with Crippen LogP contribution in [0.4, 0.5) is 5.69 Å². The number of hydrogen-bond acceptors (Lipinski definition) is 6. The molecule has 0 aromatic heterocycles. The van der Waals surface area contributed by atoms with E-state index >= 15 is 0 Å². The molecule has 4 rings (SSSR count). The molecule has 8 nitrogen and oxygen atoms in total. The van der Waals surface area contributed by atoms with Crippen LogP contribution in [0.2, 0.25) is 0 Å². The quantitative estimate of drug-likeness (QED) is 0.666. The molecule has 158 valence electrons. The second-order valence-electron chi connectivity index (χ2n) is 7.36. The highest BCUT2D eigenvalue weighted by atomic mass is 16.5. The number of para-hydroxylation sites is 1. The molecule has 0 saturated carbocycles. The molecule has 0 bridgehead atoms. The molecule has 0 radical (unpaired) electrons. The van der Waals surface area contributed by atoms with E-state index in [-0.39, 0.29) is 44.4 Å². The van der Waals surface area contributed by atoms with Crippen LogP contribution in [-0.2, 0) is 25.7 Å². The smallest absolute Gasteiger partial charge is 0.354 e. The zero-order valence-corrected chi connectivity index (χ0v) is 17.0. The maximum absolute atomic E-state index is 13.5. The minimum atomic E-state index is -1.58. The summed E-state index contributed by atoms with van der Waals surface area (Å²) in [6, 6.07) is 15.6. The van der Waals surface area contributed by atoms with Gasteiger partial charge in [0, 0.05) is 32.1 Å². The van der Waals surface area contributed by atoms with E-state index in [0.717, 1.165) is 0 Å². The van der Waals surface area contributed by atoms with Crippen LogP contribution >= 0.6 is 0 Å². The standard InChI is InChI=1S/C23H21N3O5/c1-30-13-12-25-21(28)18-8-4-5-9-19(18)26-20(27)10-11-23(25,26)22(29)31-15-17-7-3-2-6-16(17)14-24/h2-9H,10-13,15H2,1H3/t23-/m0/s1. The average molecular weight is 419 g/mol. The third kappa shape index (κ3) is 3.23. The number of hydrogen-bond donors (Lipinski definition) is 0. The Kier molecular flexibility index (Phi) is 5.44. The lowest BCUT2D eigenvalue weighted by atomic mass is 9.96. The molecule has 2 aromatic carbocycles. The predicted molar refractivity (Wildman–Crippen MR) is 110 cm³/mol. The molecule has 2 heterocycles. The largest absolute Gasteiger partial charge is 0.458 e. The first-order valence-electron chi connectivity index (χ1n) is 9.93. The number of fused-ring (bicyclic) bond motifs is 3. The highest BCUT2D eigenvalue weighted by molar-refractivity contribution is 6.15. The van der Waals surface area contributed by atoms with Crippen LogP contribution in [0, 0.1) is 11.3 Å². The van der Waals surface area contributed by atoms with Gasteiger partial charge in [0.15, 0.2) is 0 Å². The van der Waals surface area contributed by atoms with Gasteiger partial charge >= 0.3 is 5.97 Å². The van der Waals surface area contributed by atoms with Gasteiger partial charge in [-0.15, -0.1) is 0 Å². The van der Waals surface area contributed by atoms with Gasteiger partial charge in [-0.2, -0.15) is 5.26 Å². The normalized spacial score (nSPS) is 19.6. The molecule has 0 unspecified atom stereocenters. The van der Waals surface area contributed by atoms with E-state index in [1.54, 1.807) is 48.5 Å². The van der Waals surface area contributed by atoms with Gasteiger partial charge in [-0.05, 0) is 18.2 Å². The molecule has 2 aliphatic rings. The topological polar surface area (TPSA) is 99.9 Å². The first-order valence-corrected chi connectivity index (χ1v) is 9.93. The number of carbonyl (C=O) groups excluding carboxylic acids is 3. The summed E-state index contributed by atoms with van der Waals surface area (Å²) in [6.45, 7) is 0.180. The van der Waals surface area contributed by atoms with Crippen LogP contribution in [0.25, 0.3) is 0 Å².